The molecule has 0 heterocycles. The highest BCUT2D eigenvalue weighted by molar-refractivity contribution is 6.31. The fraction of sp³-hybridized carbons (Fsp3) is 0.0909. The molecule has 0 radical (unpaired) electrons. The number of aryl methyl sites for hydroxylation is 1. The molecular weight excluding hydrogens is 362 g/mol. The van der Waals surface area contributed by atoms with Gasteiger partial charge < -0.3 is 10.1 Å². The van der Waals surface area contributed by atoms with Crippen LogP contribution in [0.5, 0.6) is 5.75 Å². The highest BCUT2D eigenvalue weighted by atomic mass is 35.5. The fourth-order valence-corrected chi connectivity index (χ4v) is 2.78. The number of benzene rings is 3. The first-order valence-corrected chi connectivity index (χ1v) is 8.79. The van der Waals surface area contributed by atoms with Gasteiger partial charge in [0, 0.05) is 16.3 Å². The summed E-state index contributed by atoms with van der Waals surface area (Å²) in [6, 6.07) is 21.1. The number of hydrogen-bond donors (Lipinski definition) is 1. The molecule has 0 saturated heterocycles. The van der Waals surface area contributed by atoms with Gasteiger partial charge in [0.15, 0.2) is 12.4 Å². The van der Waals surface area contributed by atoms with Gasteiger partial charge in [-0.15, -0.1) is 0 Å². The molecule has 1 N–H and O–H groups in total. The number of carbonyl (C=O) groups is 2. The summed E-state index contributed by atoms with van der Waals surface area (Å²) in [6.45, 7) is 1.69. The molecule has 0 atom stereocenters. The summed E-state index contributed by atoms with van der Waals surface area (Å²) in [5, 5.41) is 3.23. The summed E-state index contributed by atoms with van der Waals surface area (Å²) in [5.74, 6) is -0.156. The minimum Gasteiger partial charge on any atom is -0.483 e. The summed E-state index contributed by atoms with van der Waals surface area (Å²) in [5.41, 5.74) is 2.46. The number of para-hydroxylation sites is 1. The molecular formula is C22H18ClNO3. The monoisotopic (exact) mass is 379 g/mol. The highest BCUT2D eigenvalue weighted by Gasteiger charge is 2.16. The molecule has 3 aromatic rings. The van der Waals surface area contributed by atoms with Gasteiger partial charge in [-0.2, -0.15) is 0 Å². The van der Waals surface area contributed by atoms with Crippen molar-refractivity contribution in [3.63, 3.8) is 0 Å². The molecule has 1 amide bonds. The molecule has 0 aliphatic heterocycles. The van der Waals surface area contributed by atoms with Crippen LogP contribution in [0.2, 0.25) is 5.02 Å². The van der Waals surface area contributed by atoms with Crippen molar-refractivity contribution in [1.29, 1.82) is 0 Å². The second-order valence-corrected chi connectivity index (χ2v) is 6.48. The SMILES string of the molecule is Cc1ccc(OCC(=O)Nc2ccccc2)c(C(=O)c2cccc(Cl)c2)c1. The summed E-state index contributed by atoms with van der Waals surface area (Å²) in [4.78, 5) is 25.0. The third-order valence-electron chi connectivity index (χ3n) is 3.88. The zero-order chi connectivity index (χ0) is 19.2. The number of anilines is 1. The van der Waals surface area contributed by atoms with Gasteiger partial charge in [-0.3, -0.25) is 9.59 Å². The van der Waals surface area contributed by atoms with Gasteiger partial charge in [-0.05, 0) is 43.3 Å². The topological polar surface area (TPSA) is 55.4 Å². The average Bonchev–Trinajstić information content (AvgIpc) is 2.67. The quantitative estimate of drug-likeness (QED) is 0.620. The van der Waals surface area contributed by atoms with E-state index < -0.39 is 0 Å². The normalized spacial score (nSPS) is 10.3. The predicted octanol–water partition coefficient (Wildman–Crippen LogP) is 4.90. The summed E-state index contributed by atoms with van der Waals surface area (Å²) >= 11 is 5.99. The number of ketones is 1. The van der Waals surface area contributed by atoms with Crippen LogP contribution < -0.4 is 10.1 Å². The predicted molar refractivity (Wildman–Crippen MR) is 107 cm³/mol. The van der Waals surface area contributed by atoms with Crippen molar-refractivity contribution in [1.82, 2.24) is 0 Å². The maximum absolute atomic E-state index is 12.9. The van der Waals surface area contributed by atoms with Gasteiger partial charge in [0.25, 0.3) is 5.91 Å². The lowest BCUT2D eigenvalue weighted by Crippen LogP contribution is -2.21. The smallest absolute Gasteiger partial charge is 0.262 e. The molecule has 5 heteroatoms. The molecule has 3 rings (SSSR count). The standard InChI is InChI=1S/C22H18ClNO3/c1-15-10-11-20(27-14-21(25)24-18-8-3-2-4-9-18)19(12-15)22(26)16-6-5-7-17(23)13-16/h2-13H,14H2,1H3,(H,24,25). The first kappa shape index (κ1) is 18.7. The Labute approximate surface area is 162 Å². The van der Waals surface area contributed by atoms with E-state index in [4.69, 9.17) is 16.3 Å². The van der Waals surface area contributed by atoms with Gasteiger partial charge in [-0.1, -0.05) is 53.6 Å². The van der Waals surface area contributed by atoms with Crippen LogP contribution in [0.15, 0.2) is 72.8 Å². The van der Waals surface area contributed by atoms with E-state index in [1.807, 2.05) is 31.2 Å². The van der Waals surface area contributed by atoms with Crippen molar-refractivity contribution in [2.75, 3.05) is 11.9 Å². The average molecular weight is 380 g/mol. The number of rotatable bonds is 6. The van der Waals surface area contributed by atoms with E-state index in [1.165, 1.54) is 0 Å². The number of nitrogens with one attached hydrogen (secondary N) is 1. The lowest BCUT2D eigenvalue weighted by Gasteiger charge is -2.12. The second-order valence-electron chi connectivity index (χ2n) is 6.04. The Morgan fingerprint density at radius 3 is 2.48 bits per heavy atom. The Hall–Kier alpha value is -3.11. The van der Waals surface area contributed by atoms with Crippen LogP contribution in [-0.2, 0) is 4.79 Å². The minimum absolute atomic E-state index is 0.201. The van der Waals surface area contributed by atoms with Gasteiger partial charge in [-0.25, -0.2) is 0 Å². The largest absolute Gasteiger partial charge is 0.483 e. The maximum Gasteiger partial charge on any atom is 0.262 e. The molecule has 0 aliphatic carbocycles. The van der Waals surface area contributed by atoms with Crippen LogP contribution in [0.1, 0.15) is 21.5 Å². The summed E-state index contributed by atoms with van der Waals surface area (Å²) < 4.78 is 5.63. The van der Waals surface area contributed by atoms with E-state index in [0.717, 1.165) is 5.56 Å². The van der Waals surface area contributed by atoms with Crippen LogP contribution in [0.25, 0.3) is 0 Å². The zero-order valence-electron chi connectivity index (χ0n) is 14.7. The molecule has 0 fully saturated rings. The molecule has 0 unspecified atom stereocenters. The summed E-state index contributed by atoms with van der Waals surface area (Å²) in [6.07, 6.45) is 0. The van der Waals surface area contributed by atoms with Gasteiger partial charge in [0.2, 0.25) is 0 Å². The van der Waals surface area contributed by atoms with Crippen LogP contribution in [0, 0.1) is 6.92 Å². The Morgan fingerprint density at radius 2 is 1.74 bits per heavy atom. The van der Waals surface area contributed by atoms with Crippen molar-refractivity contribution >= 4 is 29.0 Å². The molecule has 0 bridgehead atoms. The van der Waals surface area contributed by atoms with Crippen molar-refractivity contribution in [3.8, 4) is 5.75 Å². The van der Waals surface area contributed by atoms with E-state index in [2.05, 4.69) is 5.32 Å². The van der Waals surface area contributed by atoms with E-state index in [0.29, 0.717) is 27.6 Å². The Kier molecular flexibility index (Phi) is 5.89. The Balaban J connectivity index is 1.76. The van der Waals surface area contributed by atoms with Crippen molar-refractivity contribution < 1.29 is 14.3 Å². The lowest BCUT2D eigenvalue weighted by atomic mass is 10.0. The molecule has 27 heavy (non-hydrogen) atoms. The molecule has 0 spiro atoms. The first-order chi connectivity index (χ1) is 13.0. The van der Waals surface area contributed by atoms with Gasteiger partial charge >= 0.3 is 0 Å². The van der Waals surface area contributed by atoms with Crippen molar-refractivity contribution in [3.05, 3.63) is 94.5 Å². The van der Waals surface area contributed by atoms with Crippen LogP contribution in [0.4, 0.5) is 5.69 Å². The van der Waals surface area contributed by atoms with Crippen LogP contribution in [0.3, 0.4) is 0 Å². The molecule has 0 aliphatic rings. The molecule has 0 saturated carbocycles. The fourth-order valence-electron chi connectivity index (χ4n) is 2.59. The zero-order valence-corrected chi connectivity index (χ0v) is 15.5. The lowest BCUT2D eigenvalue weighted by molar-refractivity contribution is -0.118. The van der Waals surface area contributed by atoms with Crippen molar-refractivity contribution in [2.24, 2.45) is 0 Å². The number of hydrogen-bond acceptors (Lipinski definition) is 3. The number of carbonyl (C=O) groups excluding carboxylic acids is 2. The van der Waals surface area contributed by atoms with E-state index in [1.54, 1.807) is 48.5 Å². The van der Waals surface area contributed by atoms with Crippen molar-refractivity contribution in [2.45, 2.75) is 6.92 Å². The van der Waals surface area contributed by atoms with Crippen LogP contribution >= 0.6 is 11.6 Å². The third-order valence-corrected chi connectivity index (χ3v) is 4.12. The second kappa shape index (κ2) is 8.52. The molecule has 0 aromatic heterocycles. The van der Waals surface area contributed by atoms with E-state index in [9.17, 15) is 9.59 Å². The van der Waals surface area contributed by atoms with E-state index >= 15 is 0 Å². The molecule has 136 valence electrons. The minimum atomic E-state index is -0.303. The van der Waals surface area contributed by atoms with Gasteiger partial charge in [0.1, 0.15) is 5.75 Å². The maximum atomic E-state index is 12.9. The third kappa shape index (κ3) is 4.96. The molecule has 3 aromatic carbocycles. The van der Waals surface area contributed by atoms with E-state index in [-0.39, 0.29) is 18.3 Å². The number of halogens is 1. The number of ether oxygens (including phenoxy) is 1. The van der Waals surface area contributed by atoms with Crippen LogP contribution in [-0.4, -0.2) is 18.3 Å². The van der Waals surface area contributed by atoms with Gasteiger partial charge in [0.05, 0.1) is 5.56 Å². The molecule has 4 nitrogen and oxygen atoms in total. The Morgan fingerprint density at radius 1 is 0.963 bits per heavy atom. The summed E-state index contributed by atoms with van der Waals surface area (Å²) in [7, 11) is 0. The Bertz CT molecular complexity index is 970. The highest BCUT2D eigenvalue weighted by Crippen LogP contribution is 2.24. The first-order valence-electron chi connectivity index (χ1n) is 8.41. The number of amides is 1.